The molecule has 1 aromatic carbocycles. The summed E-state index contributed by atoms with van der Waals surface area (Å²) >= 11 is 0. The summed E-state index contributed by atoms with van der Waals surface area (Å²) in [5.41, 5.74) is 4.03. The van der Waals surface area contributed by atoms with E-state index in [-0.39, 0.29) is 19.0 Å². The highest BCUT2D eigenvalue weighted by Crippen LogP contribution is 2.34. The molecule has 1 aliphatic heterocycles. The summed E-state index contributed by atoms with van der Waals surface area (Å²) in [5, 5.41) is 0. The highest BCUT2D eigenvalue weighted by molar-refractivity contribution is 5.84. The maximum atomic E-state index is 13.3. The van der Waals surface area contributed by atoms with Gasteiger partial charge in [-0.1, -0.05) is 34.3 Å². The van der Waals surface area contributed by atoms with Gasteiger partial charge in [-0.2, -0.15) is 0 Å². The molecule has 7 heteroatoms. The van der Waals surface area contributed by atoms with Crippen LogP contribution in [-0.2, 0) is 0 Å². The number of halogens is 2. The van der Waals surface area contributed by atoms with E-state index >= 15 is 0 Å². The number of likely N-dealkylation sites (tertiary alicyclic amines) is 1. The monoisotopic (exact) mass is 525 g/mol. The van der Waals surface area contributed by atoms with E-state index in [0.29, 0.717) is 17.1 Å². The maximum Gasteiger partial charge on any atom is 0.137 e. The summed E-state index contributed by atoms with van der Waals surface area (Å²) in [5.74, 6) is -0.0371. The lowest BCUT2D eigenvalue weighted by atomic mass is 9.82. The van der Waals surface area contributed by atoms with Gasteiger partial charge in [0.1, 0.15) is 36.3 Å². The zero-order chi connectivity index (χ0) is 27.7. The van der Waals surface area contributed by atoms with Gasteiger partial charge in [0, 0.05) is 54.5 Å². The minimum Gasteiger partial charge on any atom is -0.490 e. The number of aliphatic imine (C=N–C) groups is 1. The molecule has 2 aromatic rings. The standard InChI is InChI=1S/C31H41F2N3O2/c1-22(2)7-8-23(3)34-21-29(24(4)36-13-11-31(5,6)12-14-36)30-10-9-27(20-35-30)37-15-16-38-28-18-25(32)17-26(33)19-28/h9-10,17-22H,4,7-8,11-16H2,1-3,5-6H3/b29-21+,34-23?. The van der Waals surface area contributed by atoms with Gasteiger partial charge < -0.3 is 14.4 Å². The second-order valence-electron chi connectivity index (χ2n) is 11.1. The molecule has 0 atom stereocenters. The third kappa shape index (κ3) is 9.26. The molecule has 0 saturated carbocycles. The zero-order valence-corrected chi connectivity index (χ0v) is 23.4. The van der Waals surface area contributed by atoms with Gasteiger partial charge in [-0.05, 0) is 56.1 Å². The van der Waals surface area contributed by atoms with E-state index < -0.39 is 11.6 Å². The molecule has 0 spiro atoms. The van der Waals surface area contributed by atoms with E-state index in [4.69, 9.17) is 14.5 Å². The van der Waals surface area contributed by atoms with Crippen LogP contribution in [0.15, 0.2) is 60.0 Å². The molecule has 1 aromatic heterocycles. The summed E-state index contributed by atoms with van der Waals surface area (Å²) < 4.78 is 37.7. The number of benzene rings is 1. The predicted octanol–water partition coefficient (Wildman–Crippen LogP) is 7.69. The molecule has 5 nitrogen and oxygen atoms in total. The summed E-state index contributed by atoms with van der Waals surface area (Å²) in [6, 6.07) is 6.83. The first kappa shape index (κ1) is 29.3. The molecule has 2 heterocycles. The first-order valence-electron chi connectivity index (χ1n) is 13.4. The van der Waals surface area contributed by atoms with Gasteiger partial charge in [-0.15, -0.1) is 0 Å². The Hall–Kier alpha value is -3.22. The van der Waals surface area contributed by atoms with E-state index in [9.17, 15) is 8.78 Å². The Morgan fingerprint density at radius 1 is 1.08 bits per heavy atom. The Morgan fingerprint density at radius 3 is 2.29 bits per heavy atom. The average molecular weight is 526 g/mol. The van der Waals surface area contributed by atoms with E-state index in [2.05, 4.69) is 51.1 Å². The molecular formula is C31H41F2N3O2. The highest BCUT2D eigenvalue weighted by atomic mass is 19.1. The molecule has 38 heavy (non-hydrogen) atoms. The van der Waals surface area contributed by atoms with Crippen molar-refractivity contribution < 1.29 is 18.3 Å². The average Bonchev–Trinajstić information content (AvgIpc) is 2.85. The van der Waals surface area contributed by atoms with Crippen molar-refractivity contribution in [2.45, 2.75) is 60.3 Å². The van der Waals surface area contributed by atoms with Crippen molar-refractivity contribution >= 4 is 11.3 Å². The summed E-state index contributed by atoms with van der Waals surface area (Å²) in [6.07, 6.45) is 7.83. The lowest BCUT2D eigenvalue weighted by Crippen LogP contribution is -2.36. The number of allylic oxidation sites excluding steroid dienone is 1. The van der Waals surface area contributed by atoms with Gasteiger partial charge in [0.05, 0.1) is 11.9 Å². The van der Waals surface area contributed by atoms with Gasteiger partial charge in [-0.25, -0.2) is 8.78 Å². The van der Waals surface area contributed by atoms with Crippen LogP contribution in [0.25, 0.3) is 5.57 Å². The third-order valence-corrected chi connectivity index (χ3v) is 6.78. The van der Waals surface area contributed by atoms with Crippen molar-refractivity contribution in [1.82, 2.24) is 9.88 Å². The van der Waals surface area contributed by atoms with Gasteiger partial charge in [-0.3, -0.25) is 9.98 Å². The predicted molar refractivity (Wildman–Crippen MR) is 150 cm³/mol. The Labute approximate surface area is 226 Å². The van der Waals surface area contributed by atoms with Crippen LogP contribution in [0.4, 0.5) is 8.78 Å². The molecule has 0 radical (unpaired) electrons. The van der Waals surface area contributed by atoms with Crippen LogP contribution in [0, 0.1) is 23.0 Å². The highest BCUT2D eigenvalue weighted by Gasteiger charge is 2.27. The van der Waals surface area contributed by atoms with Gasteiger partial charge in [0.2, 0.25) is 0 Å². The van der Waals surface area contributed by atoms with Gasteiger partial charge in [0.25, 0.3) is 0 Å². The second-order valence-corrected chi connectivity index (χ2v) is 11.1. The molecule has 1 aliphatic rings. The fourth-order valence-corrected chi connectivity index (χ4v) is 4.13. The first-order chi connectivity index (χ1) is 18.0. The number of hydrogen-bond acceptors (Lipinski definition) is 5. The topological polar surface area (TPSA) is 47.0 Å². The van der Waals surface area contributed by atoms with Crippen LogP contribution in [0.1, 0.15) is 66.0 Å². The number of rotatable bonds is 12. The molecule has 0 N–H and O–H groups in total. The van der Waals surface area contributed by atoms with Crippen molar-refractivity contribution in [2.24, 2.45) is 16.3 Å². The fraction of sp³-hybridized carbons (Fsp3) is 0.484. The maximum absolute atomic E-state index is 13.3. The quantitative estimate of drug-likeness (QED) is 0.162. The van der Waals surface area contributed by atoms with E-state index in [1.807, 2.05) is 18.3 Å². The lowest BCUT2D eigenvalue weighted by Gasteiger charge is -2.39. The summed E-state index contributed by atoms with van der Waals surface area (Å²) in [6.45, 7) is 17.8. The van der Waals surface area contributed by atoms with Crippen LogP contribution in [-0.4, -0.2) is 41.9 Å². The minimum absolute atomic E-state index is 0.123. The Balaban J connectivity index is 1.67. The number of piperidine rings is 1. The third-order valence-electron chi connectivity index (χ3n) is 6.78. The van der Waals surface area contributed by atoms with Crippen LogP contribution in [0.5, 0.6) is 11.5 Å². The molecular weight excluding hydrogens is 484 g/mol. The Kier molecular flexibility index (Phi) is 10.5. The largest absolute Gasteiger partial charge is 0.490 e. The minimum atomic E-state index is -0.682. The molecule has 0 unspecified atom stereocenters. The molecule has 206 valence electrons. The molecule has 1 fully saturated rings. The Morgan fingerprint density at radius 2 is 1.71 bits per heavy atom. The fourth-order valence-electron chi connectivity index (χ4n) is 4.13. The van der Waals surface area contributed by atoms with Crippen LogP contribution in [0.2, 0.25) is 0 Å². The van der Waals surface area contributed by atoms with Crippen molar-refractivity contribution in [3.63, 3.8) is 0 Å². The van der Waals surface area contributed by atoms with E-state index in [1.165, 1.54) is 0 Å². The number of aromatic nitrogens is 1. The molecule has 0 bridgehead atoms. The van der Waals surface area contributed by atoms with Crippen molar-refractivity contribution in [3.05, 3.63) is 72.3 Å². The van der Waals surface area contributed by atoms with Crippen molar-refractivity contribution in [3.8, 4) is 11.5 Å². The molecule has 0 amide bonds. The number of nitrogens with zero attached hydrogens (tertiary/aromatic N) is 3. The first-order valence-corrected chi connectivity index (χ1v) is 13.4. The molecule has 1 saturated heterocycles. The number of ether oxygens (including phenoxy) is 2. The number of pyridine rings is 1. The lowest BCUT2D eigenvalue weighted by molar-refractivity contribution is 0.167. The van der Waals surface area contributed by atoms with Gasteiger partial charge >= 0.3 is 0 Å². The van der Waals surface area contributed by atoms with Crippen molar-refractivity contribution in [1.29, 1.82) is 0 Å². The SMILES string of the molecule is C=C(/C(=C\N=C(C)CCC(C)C)c1ccc(OCCOc2cc(F)cc(F)c2)cn1)N1CCC(C)(C)CC1. The molecule has 3 rings (SSSR count). The van der Waals surface area contributed by atoms with Crippen LogP contribution >= 0.6 is 0 Å². The van der Waals surface area contributed by atoms with Crippen LogP contribution in [0.3, 0.4) is 0 Å². The summed E-state index contributed by atoms with van der Waals surface area (Å²) in [7, 11) is 0. The Bertz CT molecular complexity index is 1110. The van der Waals surface area contributed by atoms with E-state index in [1.54, 1.807) is 6.20 Å². The smallest absolute Gasteiger partial charge is 0.137 e. The summed E-state index contributed by atoms with van der Waals surface area (Å²) in [4.78, 5) is 11.7. The zero-order valence-electron chi connectivity index (χ0n) is 23.4. The van der Waals surface area contributed by atoms with E-state index in [0.717, 1.165) is 79.6 Å². The van der Waals surface area contributed by atoms with Crippen LogP contribution < -0.4 is 9.47 Å². The number of hydrogen-bond donors (Lipinski definition) is 0. The van der Waals surface area contributed by atoms with Crippen molar-refractivity contribution in [2.75, 3.05) is 26.3 Å². The normalized spacial score (nSPS) is 16.1. The second kappa shape index (κ2) is 13.5. The molecule has 0 aliphatic carbocycles. The van der Waals surface area contributed by atoms with Gasteiger partial charge in [0.15, 0.2) is 0 Å².